The van der Waals surface area contributed by atoms with Crippen molar-refractivity contribution in [1.82, 2.24) is 14.5 Å². The Kier molecular flexibility index (Phi) is 6.48. The number of benzene rings is 1. The number of piperidine rings is 1. The number of rotatable bonds is 5. The third-order valence-corrected chi connectivity index (χ3v) is 6.33. The molecule has 0 saturated carbocycles. The third-order valence-electron chi connectivity index (χ3n) is 5.14. The van der Waals surface area contributed by atoms with E-state index in [2.05, 4.69) is 18.8 Å². The van der Waals surface area contributed by atoms with E-state index in [0.717, 1.165) is 19.3 Å². The Morgan fingerprint density at radius 1 is 1.30 bits per heavy atom. The molecule has 0 spiro atoms. The highest BCUT2D eigenvalue weighted by Crippen LogP contribution is 2.25. The standard InChI is InChI=1S/C20H26ClN3O2S/c1-4-10-23-19(26)16-9-8-15(21)11-17(16)22-20(23)27-12-18(25)24-13(2)6-5-7-14(24)3/h8-9,11,13-14H,4-7,10,12H2,1-3H3/t13-,14-/m0/s1. The van der Waals surface area contributed by atoms with Crippen molar-refractivity contribution in [2.75, 3.05) is 5.75 Å². The third kappa shape index (κ3) is 4.32. The number of halogens is 1. The lowest BCUT2D eigenvalue weighted by molar-refractivity contribution is -0.134. The van der Waals surface area contributed by atoms with E-state index in [0.29, 0.717) is 27.6 Å². The quantitative estimate of drug-likeness (QED) is 0.546. The van der Waals surface area contributed by atoms with Crippen molar-refractivity contribution < 1.29 is 4.79 Å². The predicted octanol–water partition coefficient (Wildman–Crippen LogP) is 4.34. The molecule has 146 valence electrons. The fraction of sp³-hybridized carbons (Fsp3) is 0.550. The number of hydrogen-bond acceptors (Lipinski definition) is 4. The minimum atomic E-state index is -0.0758. The van der Waals surface area contributed by atoms with Crippen LogP contribution in [0.25, 0.3) is 10.9 Å². The summed E-state index contributed by atoms with van der Waals surface area (Å²) >= 11 is 7.41. The number of likely N-dealkylation sites (tertiary alicyclic amines) is 1. The lowest BCUT2D eigenvalue weighted by Crippen LogP contribution is -2.48. The Balaban J connectivity index is 1.88. The van der Waals surface area contributed by atoms with Gasteiger partial charge in [0.05, 0.1) is 16.7 Å². The average Bonchev–Trinajstić information content (AvgIpc) is 2.62. The molecule has 1 aromatic carbocycles. The number of thioether (sulfide) groups is 1. The molecule has 0 radical (unpaired) electrons. The van der Waals surface area contributed by atoms with Crippen molar-refractivity contribution in [1.29, 1.82) is 0 Å². The van der Waals surface area contributed by atoms with E-state index >= 15 is 0 Å². The monoisotopic (exact) mass is 407 g/mol. The number of carbonyl (C=O) groups is 1. The van der Waals surface area contributed by atoms with Crippen LogP contribution in [0.2, 0.25) is 5.02 Å². The highest BCUT2D eigenvalue weighted by molar-refractivity contribution is 7.99. The van der Waals surface area contributed by atoms with Gasteiger partial charge in [0.2, 0.25) is 5.91 Å². The van der Waals surface area contributed by atoms with E-state index < -0.39 is 0 Å². The van der Waals surface area contributed by atoms with E-state index in [1.165, 1.54) is 18.2 Å². The molecule has 1 aliphatic rings. The van der Waals surface area contributed by atoms with Gasteiger partial charge in [-0.3, -0.25) is 14.2 Å². The smallest absolute Gasteiger partial charge is 0.262 e. The summed E-state index contributed by atoms with van der Waals surface area (Å²) in [5.74, 6) is 0.403. The minimum Gasteiger partial charge on any atom is -0.337 e. The van der Waals surface area contributed by atoms with Gasteiger partial charge in [-0.05, 0) is 57.7 Å². The highest BCUT2D eigenvalue weighted by atomic mass is 35.5. The van der Waals surface area contributed by atoms with Crippen LogP contribution in [0.1, 0.15) is 46.5 Å². The van der Waals surface area contributed by atoms with Crippen molar-refractivity contribution >= 4 is 40.2 Å². The summed E-state index contributed by atoms with van der Waals surface area (Å²) in [6.45, 7) is 6.83. The molecule has 7 heteroatoms. The molecule has 1 amide bonds. The SMILES string of the molecule is CCCn1c(SCC(=O)N2[C@@H](C)CCC[C@@H]2C)nc2cc(Cl)ccc2c1=O. The van der Waals surface area contributed by atoms with Gasteiger partial charge in [-0.2, -0.15) is 0 Å². The Labute approximate surface area is 169 Å². The van der Waals surface area contributed by atoms with Crippen LogP contribution in [0.3, 0.4) is 0 Å². The maximum atomic E-state index is 12.9. The number of hydrogen-bond donors (Lipinski definition) is 0. The van der Waals surface area contributed by atoms with E-state index in [4.69, 9.17) is 11.6 Å². The largest absolute Gasteiger partial charge is 0.337 e. The normalized spacial score (nSPS) is 20.2. The molecule has 27 heavy (non-hydrogen) atoms. The van der Waals surface area contributed by atoms with Crippen LogP contribution in [0, 0.1) is 0 Å². The van der Waals surface area contributed by atoms with Crippen molar-refractivity contribution in [3.05, 3.63) is 33.6 Å². The number of amides is 1. The molecule has 2 heterocycles. The Morgan fingerprint density at radius 3 is 2.67 bits per heavy atom. The molecule has 0 bridgehead atoms. The van der Waals surface area contributed by atoms with E-state index in [1.54, 1.807) is 22.8 Å². The second-order valence-electron chi connectivity index (χ2n) is 7.23. The van der Waals surface area contributed by atoms with E-state index in [-0.39, 0.29) is 29.3 Å². The highest BCUT2D eigenvalue weighted by Gasteiger charge is 2.29. The van der Waals surface area contributed by atoms with Gasteiger partial charge < -0.3 is 4.90 Å². The zero-order chi connectivity index (χ0) is 19.6. The molecule has 1 saturated heterocycles. The van der Waals surface area contributed by atoms with Gasteiger partial charge in [0, 0.05) is 23.7 Å². The molecule has 2 atom stereocenters. The maximum absolute atomic E-state index is 12.9. The molecule has 0 aliphatic carbocycles. The number of aromatic nitrogens is 2. The second-order valence-corrected chi connectivity index (χ2v) is 8.61. The van der Waals surface area contributed by atoms with Gasteiger partial charge in [-0.25, -0.2) is 4.98 Å². The molecule has 1 fully saturated rings. The lowest BCUT2D eigenvalue weighted by Gasteiger charge is -2.39. The van der Waals surface area contributed by atoms with Crippen molar-refractivity contribution in [3.8, 4) is 0 Å². The van der Waals surface area contributed by atoms with E-state index in [9.17, 15) is 9.59 Å². The van der Waals surface area contributed by atoms with E-state index in [1.807, 2.05) is 11.8 Å². The van der Waals surface area contributed by atoms with Crippen LogP contribution in [-0.2, 0) is 11.3 Å². The Hall–Kier alpha value is -1.53. The summed E-state index contributed by atoms with van der Waals surface area (Å²) < 4.78 is 1.68. The first kappa shape index (κ1) is 20.2. The van der Waals surface area contributed by atoms with Crippen LogP contribution in [0.5, 0.6) is 0 Å². The van der Waals surface area contributed by atoms with Crippen LogP contribution in [-0.4, -0.2) is 38.2 Å². The molecule has 1 aliphatic heterocycles. The molecular weight excluding hydrogens is 382 g/mol. The van der Waals surface area contributed by atoms with Crippen LogP contribution in [0.4, 0.5) is 0 Å². The van der Waals surface area contributed by atoms with Gasteiger partial charge in [0.1, 0.15) is 0 Å². The number of carbonyl (C=O) groups excluding carboxylic acids is 1. The predicted molar refractivity (Wildman–Crippen MR) is 112 cm³/mol. The average molecular weight is 408 g/mol. The first-order chi connectivity index (χ1) is 12.9. The zero-order valence-corrected chi connectivity index (χ0v) is 17.6. The molecule has 3 rings (SSSR count). The fourth-order valence-corrected chi connectivity index (χ4v) is 4.88. The topological polar surface area (TPSA) is 55.2 Å². The van der Waals surface area contributed by atoms with Crippen LogP contribution < -0.4 is 5.56 Å². The Bertz CT molecular complexity index is 889. The second kappa shape index (κ2) is 8.65. The van der Waals surface area contributed by atoms with Gasteiger partial charge >= 0.3 is 0 Å². The Morgan fingerprint density at radius 2 is 2.00 bits per heavy atom. The zero-order valence-electron chi connectivity index (χ0n) is 16.1. The molecule has 2 aromatic rings. The molecule has 5 nitrogen and oxygen atoms in total. The summed E-state index contributed by atoms with van der Waals surface area (Å²) in [6.07, 6.45) is 4.09. The first-order valence-electron chi connectivity index (χ1n) is 9.56. The summed E-state index contributed by atoms with van der Waals surface area (Å²) in [5, 5.41) is 1.69. The van der Waals surface area contributed by atoms with Crippen LogP contribution >= 0.6 is 23.4 Å². The van der Waals surface area contributed by atoms with Gasteiger partial charge in [-0.15, -0.1) is 0 Å². The number of nitrogens with zero attached hydrogens (tertiary/aromatic N) is 3. The fourth-order valence-electron chi connectivity index (χ4n) is 3.82. The first-order valence-corrected chi connectivity index (χ1v) is 10.9. The minimum absolute atomic E-state index is 0.0758. The summed E-state index contributed by atoms with van der Waals surface area (Å²) in [5.41, 5.74) is 0.502. The van der Waals surface area contributed by atoms with Crippen molar-refractivity contribution in [3.63, 3.8) is 0 Å². The maximum Gasteiger partial charge on any atom is 0.262 e. The van der Waals surface area contributed by atoms with Gasteiger partial charge in [0.25, 0.3) is 5.56 Å². The van der Waals surface area contributed by atoms with Crippen molar-refractivity contribution in [2.45, 2.75) is 70.2 Å². The summed E-state index contributed by atoms with van der Waals surface area (Å²) in [7, 11) is 0. The summed E-state index contributed by atoms with van der Waals surface area (Å²) in [6, 6.07) is 5.66. The summed E-state index contributed by atoms with van der Waals surface area (Å²) in [4.78, 5) is 32.3. The van der Waals surface area contributed by atoms with Gasteiger partial charge in [0.15, 0.2) is 5.16 Å². The molecular formula is C20H26ClN3O2S. The molecule has 0 N–H and O–H groups in total. The van der Waals surface area contributed by atoms with Crippen LogP contribution in [0.15, 0.2) is 28.2 Å². The molecule has 1 aromatic heterocycles. The van der Waals surface area contributed by atoms with Crippen molar-refractivity contribution in [2.24, 2.45) is 0 Å². The van der Waals surface area contributed by atoms with Gasteiger partial charge in [-0.1, -0.05) is 30.3 Å². The number of fused-ring (bicyclic) bond motifs is 1. The molecule has 0 unspecified atom stereocenters. The lowest BCUT2D eigenvalue weighted by atomic mass is 9.98.